The predicted octanol–water partition coefficient (Wildman–Crippen LogP) is 4.65. The molecule has 0 aliphatic carbocycles. The Balaban J connectivity index is 2.68. The number of hydrogen-bond donors (Lipinski definition) is 0. The molecule has 0 aliphatic rings. The van der Waals surface area contributed by atoms with E-state index in [1.807, 2.05) is 11.3 Å². The van der Waals surface area contributed by atoms with Gasteiger partial charge >= 0.3 is 0 Å². The van der Waals surface area contributed by atoms with Crippen LogP contribution in [0.5, 0.6) is 0 Å². The first-order valence-corrected chi connectivity index (χ1v) is 6.10. The molecule has 1 aromatic carbocycles. The maximum absolute atomic E-state index is 2.27. The van der Waals surface area contributed by atoms with E-state index in [1.54, 1.807) is 0 Å². The molecule has 2 rings (SSSR count). The quantitative estimate of drug-likeness (QED) is 0.651. The van der Waals surface area contributed by atoms with Gasteiger partial charge in [0.2, 0.25) is 0 Å². The monoisotopic (exact) mass is 216 g/mol. The zero-order chi connectivity index (χ0) is 11.0. The Labute approximate surface area is 95.6 Å². The lowest BCUT2D eigenvalue weighted by atomic mass is 9.97. The number of rotatable bonds is 1. The zero-order valence-electron chi connectivity index (χ0n) is 9.72. The number of thiophene rings is 1. The summed E-state index contributed by atoms with van der Waals surface area (Å²) in [5, 5.41) is 2.17. The summed E-state index contributed by atoms with van der Waals surface area (Å²) in [6, 6.07) is 6.72. The van der Waals surface area contributed by atoms with Gasteiger partial charge in [-0.25, -0.2) is 0 Å². The van der Waals surface area contributed by atoms with E-state index in [2.05, 4.69) is 51.3 Å². The zero-order valence-corrected chi connectivity index (χ0v) is 10.5. The summed E-state index contributed by atoms with van der Waals surface area (Å²) < 4.78 is 0. The minimum Gasteiger partial charge on any atom is -0.144 e. The van der Waals surface area contributed by atoms with Crippen molar-refractivity contribution in [2.45, 2.75) is 27.7 Å². The second kappa shape index (κ2) is 3.82. The third kappa shape index (κ3) is 1.84. The van der Waals surface area contributed by atoms with Crippen LogP contribution in [0, 0.1) is 27.7 Å². The molecule has 1 aromatic heterocycles. The van der Waals surface area contributed by atoms with Crippen LogP contribution in [-0.4, -0.2) is 0 Å². The third-order valence-corrected chi connectivity index (χ3v) is 3.80. The molecule has 0 nitrogen and oxygen atoms in total. The Kier molecular flexibility index (Phi) is 2.66. The van der Waals surface area contributed by atoms with Crippen molar-refractivity contribution in [3.63, 3.8) is 0 Å². The Morgan fingerprint density at radius 1 is 0.867 bits per heavy atom. The molecule has 1 heteroatoms. The van der Waals surface area contributed by atoms with Crippen molar-refractivity contribution in [1.82, 2.24) is 0 Å². The third-order valence-electron chi connectivity index (χ3n) is 2.77. The van der Waals surface area contributed by atoms with Crippen LogP contribution in [0.25, 0.3) is 10.4 Å². The van der Waals surface area contributed by atoms with Crippen molar-refractivity contribution in [3.8, 4) is 10.4 Å². The van der Waals surface area contributed by atoms with Crippen LogP contribution in [0.3, 0.4) is 0 Å². The molecule has 0 amide bonds. The summed E-state index contributed by atoms with van der Waals surface area (Å²) in [4.78, 5) is 1.42. The van der Waals surface area contributed by atoms with Gasteiger partial charge in [0.05, 0.1) is 0 Å². The van der Waals surface area contributed by atoms with E-state index in [-0.39, 0.29) is 0 Å². The maximum atomic E-state index is 2.27. The second-order valence-corrected chi connectivity index (χ2v) is 5.12. The van der Waals surface area contributed by atoms with Gasteiger partial charge in [0.25, 0.3) is 0 Å². The fourth-order valence-corrected chi connectivity index (χ4v) is 3.27. The van der Waals surface area contributed by atoms with Crippen LogP contribution < -0.4 is 0 Å². The van der Waals surface area contributed by atoms with Gasteiger partial charge in [-0.05, 0) is 61.4 Å². The van der Waals surface area contributed by atoms with Gasteiger partial charge in [-0.2, -0.15) is 0 Å². The van der Waals surface area contributed by atoms with Crippen molar-refractivity contribution in [3.05, 3.63) is 45.8 Å². The average molecular weight is 216 g/mol. The van der Waals surface area contributed by atoms with Gasteiger partial charge in [-0.15, -0.1) is 11.3 Å². The molecular weight excluding hydrogens is 200 g/mol. The minimum atomic E-state index is 1.35. The molecule has 0 saturated heterocycles. The standard InChI is InChI=1S/C14H16S/c1-9-7-11(3)13(12(4)8-9)14-10(2)5-6-15-14/h5-8H,1-4H3. The SMILES string of the molecule is Cc1cc(C)c(-c2sccc2C)c(C)c1. The van der Waals surface area contributed by atoms with Crippen molar-refractivity contribution in [2.24, 2.45) is 0 Å². The first kappa shape index (κ1) is 10.4. The lowest BCUT2D eigenvalue weighted by Gasteiger charge is -2.10. The summed E-state index contributed by atoms with van der Waals surface area (Å²) in [6.45, 7) is 8.75. The number of hydrogen-bond acceptors (Lipinski definition) is 1. The molecular formula is C14H16S. The summed E-state index contributed by atoms with van der Waals surface area (Å²) >= 11 is 1.84. The lowest BCUT2D eigenvalue weighted by Crippen LogP contribution is -1.89. The molecule has 0 fully saturated rings. The molecule has 15 heavy (non-hydrogen) atoms. The van der Waals surface area contributed by atoms with E-state index < -0.39 is 0 Å². The normalized spacial score (nSPS) is 10.7. The van der Waals surface area contributed by atoms with Crippen molar-refractivity contribution in [2.75, 3.05) is 0 Å². The van der Waals surface area contributed by atoms with Crippen LogP contribution in [0.1, 0.15) is 22.3 Å². The van der Waals surface area contributed by atoms with E-state index in [1.165, 1.54) is 32.7 Å². The smallest absolute Gasteiger partial charge is 0.0377 e. The van der Waals surface area contributed by atoms with E-state index in [0.29, 0.717) is 0 Å². The maximum Gasteiger partial charge on any atom is 0.0377 e. The van der Waals surface area contributed by atoms with E-state index in [4.69, 9.17) is 0 Å². The van der Waals surface area contributed by atoms with Crippen LogP contribution >= 0.6 is 11.3 Å². The molecule has 0 saturated carbocycles. The molecule has 0 spiro atoms. The highest BCUT2D eigenvalue weighted by atomic mass is 32.1. The fourth-order valence-electron chi connectivity index (χ4n) is 2.17. The highest BCUT2D eigenvalue weighted by Crippen LogP contribution is 2.34. The first-order chi connectivity index (χ1) is 7.09. The molecule has 0 radical (unpaired) electrons. The molecule has 0 bridgehead atoms. The first-order valence-electron chi connectivity index (χ1n) is 5.22. The number of benzene rings is 1. The van der Waals surface area contributed by atoms with E-state index >= 15 is 0 Å². The molecule has 0 atom stereocenters. The molecule has 0 unspecified atom stereocenters. The lowest BCUT2D eigenvalue weighted by molar-refractivity contribution is 1.32. The summed E-state index contributed by atoms with van der Waals surface area (Å²) in [7, 11) is 0. The molecule has 0 aliphatic heterocycles. The van der Waals surface area contributed by atoms with Crippen molar-refractivity contribution < 1.29 is 0 Å². The minimum absolute atomic E-state index is 1.35. The molecule has 1 heterocycles. The summed E-state index contributed by atoms with van der Waals surface area (Å²) in [5.74, 6) is 0. The summed E-state index contributed by atoms with van der Waals surface area (Å²) in [5.41, 5.74) is 6.93. The molecule has 78 valence electrons. The van der Waals surface area contributed by atoms with Crippen molar-refractivity contribution >= 4 is 11.3 Å². The van der Waals surface area contributed by atoms with Gasteiger partial charge in [0.1, 0.15) is 0 Å². The van der Waals surface area contributed by atoms with E-state index in [9.17, 15) is 0 Å². The molecule has 0 N–H and O–H groups in total. The highest BCUT2D eigenvalue weighted by Gasteiger charge is 2.09. The second-order valence-electron chi connectivity index (χ2n) is 4.21. The van der Waals surface area contributed by atoms with Crippen LogP contribution in [0.4, 0.5) is 0 Å². The average Bonchev–Trinajstić information content (AvgIpc) is 2.50. The van der Waals surface area contributed by atoms with Gasteiger partial charge in [0.15, 0.2) is 0 Å². The van der Waals surface area contributed by atoms with Gasteiger partial charge in [0, 0.05) is 4.88 Å². The van der Waals surface area contributed by atoms with Crippen LogP contribution in [0.2, 0.25) is 0 Å². The Morgan fingerprint density at radius 2 is 1.47 bits per heavy atom. The Morgan fingerprint density at radius 3 is 1.93 bits per heavy atom. The van der Waals surface area contributed by atoms with Gasteiger partial charge < -0.3 is 0 Å². The Bertz CT molecular complexity index is 469. The summed E-state index contributed by atoms with van der Waals surface area (Å²) in [6.07, 6.45) is 0. The highest BCUT2D eigenvalue weighted by molar-refractivity contribution is 7.13. The number of aryl methyl sites for hydroxylation is 4. The van der Waals surface area contributed by atoms with Crippen LogP contribution in [0.15, 0.2) is 23.6 Å². The topological polar surface area (TPSA) is 0 Å². The van der Waals surface area contributed by atoms with E-state index in [0.717, 1.165) is 0 Å². The largest absolute Gasteiger partial charge is 0.144 e. The Hall–Kier alpha value is -1.08. The van der Waals surface area contributed by atoms with Gasteiger partial charge in [-0.1, -0.05) is 17.7 Å². The predicted molar refractivity (Wildman–Crippen MR) is 68.7 cm³/mol. The van der Waals surface area contributed by atoms with Crippen molar-refractivity contribution in [1.29, 1.82) is 0 Å². The van der Waals surface area contributed by atoms with Crippen LogP contribution in [-0.2, 0) is 0 Å². The molecule has 2 aromatic rings. The van der Waals surface area contributed by atoms with Gasteiger partial charge in [-0.3, -0.25) is 0 Å². The fraction of sp³-hybridized carbons (Fsp3) is 0.286.